The predicted octanol–water partition coefficient (Wildman–Crippen LogP) is 4.45. The smallest absolute Gasteiger partial charge is 0.411 e. The number of nitrogens with zero attached hydrogens (tertiary/aromatic N) is 6. The summed E-state index contributed by atoms with van der Waals surface area (Å²) in [6.45, 7) is 15.5. The summed E-state index contributed by atoms with van der Waals surface area (Å²) in [6.07, 6.45) is 3.08. The van der Waals surface area contributed by atoms with Crippen LogP contribution in [0, 0.1) is 23.7 Å². The number of ether oxygens (including phenoxy) is 3. The van der Waals surface area contributed by atoms with Crippen molar-refractivity contribution in [2.45, 2.75) is 161 Å². The Bertz CT molecular complexity index is 1810. The molecule has 2 aliphatic heterocycles. The zero-order valence-corrected chi connectivity index (χ0v) is 38.6. The first-order valence-electron chi connectivity index (χ1n) is 22.4. The number of fused-ring (bicyclic) bond motifs is 2. The molecule has 17 nitrogen and oxygen atoms in total. The second-order valence-corrected chi connectivity index (χ2v) is 18.9. The molecule has 1 aromatic heterocycles. The number of likely N-dealkylation sites (N-methyl/N-ethyl adjacent to an activating group) is 1. The third kappa shape index (κ3) is 11.3. The van der Waals surface area contributed by atoms with Crippen LogP contribution in [0.2, 0.25) is 0 Å². The Balaban J connectivity index is 1.28. The zero-order chi connectivity index (χ0) is 45.5. The molecule has 5 rings (SSSR count). The van der Waals surface area contributed by atoms with Crippen molar-refractivity contribution < 1.29 is 38.2 Å². The van der Waals surface area contributed by atoms with Crippen LogP contribution in [0.1, 0.15) is 118 Å². The summed E-state index contributed by atoms with van der Waals surface area (Å²) in [5.74, 6) is -1.74. The molecule has 3 aliphatic rings. The summed E-state index contributed by atoms with van der Waals surface area (Å²) in [5.41, 5.74) is 0.276. The van der Waals surface area contributed by atoms with Gasteiger partial charge in [-0.05, 0) is 76.2 Å². The van der Waals surface area contributed by atoms with Gasteiger partial charge in [-0.3, -0.25) is 24.1 Å². The summed E-state index contributed by atoms with van der Waals surface area (Å²) in [6, 6.07) is 6.60. The number of hydrogen-bond donors (Lipinski definition) is 3. The summed E-state index contributed by atoms with van der Waals surface area (Å²) < 4.78 is 17.8. The molecular weight excluding hydrogens is 795 g/mol. The van der Waals surface area contributed by atoms with E-state index in [0.717, 1.165) is 31.2 Å². The van der Waals surface area contributed by atoms with Crippen molar-refractivity contribution in [2.75, 3.05) is 27.8 Å². The number of benzene rings is 1. The molecule has 0 spiro atoms. The van der Waals surface area contributed by atoms with Gasteiger partial charge in [0.2, 0.25) is 23.6 Å². The van der Waals surface area contributed by atoms with E-state index in [-0.39, 0.29) is 59.9 Å². The lowest BCUT2D eigenvalue weighted by molar-refractivity contribution is -0.148. The Morgan fingerprint density at radius 2 is 1.69 bits per heavy atom. The fourth-order valence-electron chi connectivity index (χ4n) is 9.86. The lowest BCUT2D eigenvalue weighted by Crippen LogP contribution is -2.61. The van der Waals surface area contributed by atoms with E-state index in [2.05, 4.69) is 31.3 Å². The van der Waals surface area contributed by atoms with Gasteiger partial charge in [0, 0.05) is 40.3 Å². The Morgan fingerprint density at radius 3 is 2.29 bits per heavy atom. The zero-order valence-electron chi connectivity index (χ0n) is 38.6. The maximum Gasteiger partial charge on any atom is 0.411 e. The van der Waals surface area contributed by atoms with Crippen molar-refractivity contribution >= 4 is 29.7 Å². The number of nitrogens with one attached hydrogen (secondary N) is 3. The van der Waals surface area contributed by atoms with Crippen LogP contribution in [0.15, 0.2) is 30.3 Å². The lowest BCUT2D eigenvalue weighted by Gasteiger charge is -2.41. The quantitative estimate of drug-likeness (QED) is 0.180. The van der Waals surface area contributed by atoms with Gasteiger partial charge in [0.05, 0.1) is 42.7 Å². The van der Waals surface area contributed by atoms with Crippen LogP contribution < -0.4 is 10.6 Å². The van der Waals surface area contributed by atoms with Gasteiger partial charge in [0.1, 0.15) is 17.7 Å². The number of rotatable bonds is 19. The molecule has 3 N–H and O–H groups in total. The molecule has 11 atom stereocenters. The molecule has 2 aromatic rings. The molecule has 2 bridgehead atoms. The molecule has 62 heavy (non-hydrogen) atoms. The highest BCUT2D eigenvalue weighted by Gasteiger charge is 2.53. The largest absolute Gasteiger partial charge is 0.444 e. The number of carbonyl (C=O) groups is 5. The fraction of sp³-hybridized carbons (Fsp3) is 0.733. The number of methoxy groups -OCH3 is 2. The van der Waals surface area contributed by atoms with E-state index in [9.17, 15) is 24.0 Å². The minimum absolute atomic E-state index is 0.0114. The van der Waals surface area contributed by atoms with Crippen LogP contribution in [0.25, 0.3) is 0 Å². The topological polar surface area (TPSA) is 201 Å². The van der Waals surface area contributed by atoms with Crippen molar-refractivity contribution in [3.8, 4) is 0 Å². The molecule has 2 saturated heterocycles. The first-order valence-corrected chi connectivity index (χ1v) is 22.4. The molecule has 344 valence electrons. The van der Waals surface area contributed by atoms with Crippen molar-refractivity contribution in [1.82, 2.24) is 46.0 Å². The Hall–Kier alpha value is -4.64. The molecule has 5 amide bonds. The Kier molecular flexibility index (Phi) is 16.5. The van der Waals surface area contributed by atoms with Crippen molar-refractivity contribution in [2.24, 2.45) is 23.7 Å². The minimum atomic E-state index is -0.891. The van der Waals surface area contributed by atoms with Crippen LogP contribution in [0.3, 0.4) is 0 Å². The number of likely N-dealkylation sites (tertiary alicyclic amines) is 2. The predicted molar refractivity (Wildman–Crippen MR) is 231 cm³/mol. The van der Waals surface area contributed by atoms with Crippen molar-refractivity contribution in [3.63, 3.8) is 0 Å². The van der Waals surface area contributed by atoms with E-state index in [1.54, 1.807) is 63.7 Å². The molecule has 3 heterocycles. The highest BCUT2D eigenvalue weighted by molar-refractivity contribution is 5.92. The van der Waals surface area contributed by atoms with Gasteiger partial charge in [-0.25, -0.2) is 4.79 Å². The highest BCUT2D eigenvalue weighted by atomic mass is 16.6. The monoisotopic (exact) mass is 866 g/mol. The van der Waals surface area contributed by atoms with Crippen LogP contribution >= 0.6 is 0 Å². The second-order valence-electron chi connectivity index (χ2n) is 18.9. The fourth-order valence-corrected chi connectivity index (χ4v) is 9.86. The molecular formula is C45H71N9O8. The number of piperidine rings is 1. The average molecular weight is 866 g/mol. The molecule has 1 aliphatic carbocycles. The second kappa shape index (κ2) is 21.2. The van der Waals surface area contributed by atoms with Crippen LogP contribution in [0.5, 0.6) is 0 Å². The summed E-state index contributed by atoms with van der Waals surface area (Å²) in [7, 11) is 4.82. The van der Waals surface area contributed by atoms with E-state index in [1.807, 2.05) is 58.0 Å². The van der Waals surface area contributed by atoms with Gasteiger partial charge >= 0.3 is 6.09 Å². The van der Waals surface area contributed by atoms with Gasteiger partial charge in [-0.2, -0.15) is 5.21 Å². The van der Waals surface area contributed by atoms with Gasteiger partial charge < -0.3 is 34.6 Å². The van der Waals surface area contributed by atoms with Crippen molar-refractivity contribution in [3.05, 3.63) is 41.7 Å². The van der Waals surface area contributed by atoms with E-state index < -0.39 is 54.0 Å². The van der Waals surface area contributed by atoms with Gasteiger partial charge in [-0.15, -0.1) is 10.2 Å². The van der Waals surface area contributed by atoms with Gasteiger partial charge in [0.15, 0.2) is 5.82 Å². The van der Waals surface area contributed by atoms with Crippen LogP contribution in [0.4, 0.5) is 4.79 Å². The standard InChI is InChI=1S/C45H71N9O8/c1-12-27(4)37(52(9)43(58)36(26(2)3)47-42(57)38-30-20-21-31(24-30)54(38)44(59)62-45(6,7)8)34(60-10)25-35(55)53-22-16-19-33(53)39(61-11)28(5)41(56)46-32(40-48-50-51-49-40)23-29-17-14-13-15-18-29/h13-15,17-18,26-28,30-34,36-39H,12,16,19-25H2,1-11H3,(H,46,56)(H,47,57)(H,48,49,50,51)/t27-,28+,30-,31+,32-,33?,34+,36?,37-,38-,39+/m0/s1. The normalized spacial score (nSPS) is 23.3. The molecule has 1 saturated carbocycles. The molecule has 1 aromatic carbocycles. The number of carbonyl (C=O) groups excluding carboxylic acids is 5. The van der Waals surface area contributed by atoms with Crippen LogP contribution in [-0.2, 0) is 39.8 Å². The number of aromatic amines is 1. The van der Waals surface area contributed by atoms with E-state index in [1.165, 1.54) is 0 Å². The third-order valence-electron chi connectivity index (χ3n) is 13.2. The third-order valence-corrected chi connectivity index (χ3v) is 13.2. The SMILES string of the molecule is CC[C@H](C)[C@@H]([C@@H](CC(=O)N1CCCC1[C@H](OC)[C@@H](C)C(=O)N[C@@H](Cc1ccccc1)c1nn[nH]n1)OC)N(C)C(=O)C(NC(=O)[C@@H]1[C@H]2CC[C@H](C2)N1C(=O)OC(C)(C)C)C(C)C. The number of amides is 5. The Morgan fingerprint density at radius 1 is 0.984 bits per heavy atom. The Labute approximate surface area is 367 Å². The molecule has 2 unspecified atom stereocenters. The number of H-pyrrole nitrogens is 1. The maximum absolute atomic E-state index is 14.6. The maximum atomic E-state index is 14.6. The van der Waals surface area contributed by atoms with E-state index in [4.69, 9.17) is 14.2 Å². The number of hydrogen-bond acceptors (Lipinski definition) is 11. The van der Waals surface area contributed by atoms with E-state index in [0.29, 0.717) is 31.6 Å². The molecule has 3 fully saturated rings. The van der Waals surface area contributed by atoms with E-state index >= 15 is 0 Å². The van der Waals surface area contributed by atoms with Gasteiger partial charge in [-0.1, -0.05) is 76.6 Å². The summed E-state index contributed by atoms with van der Waals surface area (Å²) in [5, 5.41) is 20.6. The summed E-state index contributed by atoms with van der Waals surface area (Å²) >= 11 is 0. The number of aromatic nitrogens is 4. The first-order chi connectivity index (χ1) is 29.4. The lowest BCUT2D eigenvalue weighted by atomic mass is 9.89. The molecule has 0 radical (unpaired) electrons. The molecule has 17 heteroatoms. The average Bonchev–Trinajstić information content (AvgIpc) is 4.08. The highest BCUT2D eigenvalue weighted by Crippen LogP contribution is 2.43. The summed E-state index contributed by atoms with van der Waals surface area (Å²) in [4.78, 5) is 75.4. The minimum Gasteiger partial charge on any atom is -0.444 e. The van der Waals surface area contributed by atoms with Crippen molar-refractivity contribution in [1.29, 1.82) is 0 Å². The van der Waals surface area contributed by atoms with Gasteiger partial charge in [0.25, 0.3) is 0 Å². The number of tetrazole rings is 1. The van der Waals surface area contributed by atoms with Crippen LogP contribution in [-0.4, -0.2) is 141 Å². The first kappa shape index (κ1) is 48.4.